The van der Waals surface area contributed by atoms with Gasteiger partial charge >= 0.3 is 5.97 Å². The number of ether oxygens (including phenoxy) is 3. The normalized spacial score (nSPS) is 11.6. The van der Waals surface area contributed by atoms with Gasteiger partial charge < -0.3 is 24.6 Å². The van der Waals surface area contributed by atoms with Gasteiger partial charge in [-0.3, -0.25) is 9.59 Å². The molecular formula is C29H29NO6S. The first-order valence-electron chi connectivity index (χ1n) is 11.4. The van der Waals surface area contributed by atoms with E-state index in [1.807, 2.05) is 25.1 Å². The number of nitrogens with one attached hydrogen (secondary N) is 1. The van der Waals surface area contributed by atoms with Crippen molar-refractivity contribution in [1.29, 1.82) is 0 Å². The van der Waals surface area contributed by atoms with Crippen molar-refractivity contribution in [3.63, 3.8) is 0 Å². The van der Waals surface area contributed by atoms with Crippen molar-refractivity contribution in [1.82, 2.24) is 5.32 Å². The van der Waals surface area contributed by atoms with Crippen LogP contribution in [0.25, 0.3) is 16.7 Å². The topological polar surface area (TPSA) is 94.1 Å². The molecule has 8 heteroatoms. The highest BCUT2D eigenvalue weighted by atomic mass is 32.1. The summed E-state index contributed by atoms with van der Waals surface area (Å²) in [6.07, 6.45) is 5.12. The molecule has 2 aromatic carbocycles. The summed E-state index contributed by atoms with van der Waals surface area (Å²) in [4.78, 5) is 26.0. The molecule has 0 bridgehead atoms. The zero-order valence-electron chi connectivity index (χ0n) is 21.2. The molecule has 0 atom stereocenters. The Morgan fingerprint density at radius 2 is 1.73 bits per heavy atom. The van der Waals surface area contributed by atoms with Gasteiger partial charge in [0.2, 0.25) is 0 Å². The van der Waals surface area contributed by atoms with E-state index in [4.69, 9.17) is 19.3 Å². The van der Waals surface area contributed by atoms with Gasteiger partial charge in [-0.15, -0.1) is 11.3 Å². The summed E-state index contributed by atoms with van der Waals surface area (Å²) in [6, 6.07) is 14.3. The Hall–Kier alpha value is -4.30. The second-order valence-electron chi connectivity index (χ2n) is 7.80. The van der Waals surface area contributed by atoms with Gasteiger partial charge in [0.25, 0.3) is 5.91 Å². The van der Waals surface area contributed by atoms with Crippen molar-refractivity contribution in [2.75, 3.05) is 21.3 Å². The molecule has 0 fully saturated rings. The van der Waals surface area contributed by atoms with Crippen LogP contribution in [0.5, 0.6) is 17.2 Å². The molecule has 192 valence electrons. The molecule has 0 aliphatic rings. The van der Waals surface area contributed by atoms with E-state index in [2.05, 4.69) is 11.9 Å². The molecule has 0 spiro atoms. The van der Waals surface area contributed by atoms with E-state index in [1.165, 1.54) is 11.3 Å². The number of allylic oxidation sites excluding steroid dienone is 4. The molecular weight excluding hydrogens is 490 g/mol. The largest absolute Gasteiger partial charge is 0.496 e. The SMILES string of the molecule is C=C/C=C(NC(=O)c1cccc(-c2c(OC)cc(OC)cc2OC)c1)\C(=C/C)c1ccc(CC(=O)O)s1. The third-order valence-corrected chi connectivity index (χ3v) is 6.61. The van der Waals surface area contributed by atoms with Crippen LogP contribution in [0, 0.1) is 0 Å². The number of methoxy groups -OCH3 is 3. The predicted octanol–water partition coefficient (Wildman–Crippen LogP) is 5.97. The second-order valence-corrected chi connectivity index (χ2v) is 8.97. The van der Waals surface area contributed by atoms with Crippen LogP contribution in [0.3, 0.4) is 0 Å². The van der Waals surface area contributed by atoms with Crippen molar-refractivity contribution >= 4 is 28.8 Å². The third-order valence-electron chi connectivity index (χ3n) is 5.49. The first-order chi connectivity index (χ1) is 17.8. The minimum absolute atomic E-state index is 0.0559. The summed E-state index contributed by atoms with van der Waals surface area (Å²) in [5, 5.41) is 12.1. The van der Waals surface area contributed by atoms with Crippen molar-refractivity contribution in [2.24, 2.45) is 0 Å². The minimum atomic E-state index is -0.893. The van der Waals surface area contributed by atoms with Crippen molar-refractivity contribution in [3.8, 4) is 28.4 Å². The van der Waals surface area contributed by atoms with Gasteiger partial charge in [-0.2, -0.15) is 0 Å². The Morgan fingerprint density at radius 1 is 1.03 bits per heavy atom. The number of carbonyl (C=O) groups excluding carboxylic acids is 1. The first-order valence-corrected chi connectivity index (χ1v) is 12.2. The average molecular weight is 520 g/mol. The summed E-state index contributed by atoms with van der Waals surface area (Å²) in [6.45, 7) is 5.63. The first kappa shape index (κ1) is 27.3. The Morgan fingerprint density at radius 3 is 2.30 bits per heavy atom. The molecule has 1 aromatic heterocycles. The molecule has 1 amide bonds. The van der Waals surface area contributed by atoms with Gasteiger partial charge in [-0.25, -0.2) is 0 Å². The van der Waals surface area contributed by atoms with E-state index in [9.17, 15) is 9.59 Å². The Kier molecular flexibility index (Phi) is 9.29. The average Bonchev–Trinajstić information content (AvgIpc) is 3.35. The quantitative estimate of drug-likeness (QED) is 0.303. The van der Waals surface area contributed by atoms with Crippen LogP contribution in [0.2, 0.25) is 0 Å². The Bertz CT molecular complexity index is 1340. The second kappa shape index (κ2) is 12.6. The fraction of sp³-hybridized carbons (Fsp3) is 0.172. The van der Waals surface area contributed by atoms with E-state index in [1.54, 1.807) is 69.9 Å². The molecule has 3 rings (SSSR count). The summed E-state index contributed by atoms with van der Waals surface area (Å²) in [5.41, 5.74) is 3.18. The monoisotopic (exact) mass is 519 g/mol. The zero-order valence-corrected chi connectivity index (χ0v) is 22.0. The molecule has 0 unspecified atom stereocenters. The summed E-state index contributed by atoms with van der Waals surface area (Å²) < 4.78 is 16.5. The van der Waals surface area contributed by atoms with Gasteiger partial charge in [0, 0.05) is 38.7 Å². The lowest BCUT2D eigenvalue weighted by Crippen LogP contribution is -2.23. The lowest BCUT2D eigenvalue weighted by molar-refractivity contribution is -0.136. The molecule has 0 saturated carbocycles. The highest BCUT2D eigenvalue weighted by molar-refractivity contribution is 7.13. The van der Waals surface area contributed by atoms with Gasteiger partial charge in [0.1, 0.15) is 17.2 Å². The lowest BCUT2D eigenvalue weighted by Gasteiger charge is -2.16. The van der Waals surface area contributed by atoms with Crippen molar-refractivity contribution in [3.05, 3.63) is 94.4 Å². The van der Waals surface area contributed by atoms with Crippen LogP contribution < -0.4 is 19.5 Å². The number of hydrogen-bond donors (Lipinski definition) is 2. The van der Waals surface area contributed by atoms with E-state index < -0.39 is 5.97 Å². The van der Waals surface area contributed by atoms with Crippen molar-refractivity contribution in [2.45, 2.75) is 13.3 Å². The fourth-order valence-electron chi connectivity index (χ4n) is 3.81. The van der Waals surface area contributed by atoms with Crippen LogP contribution in [-0.2, 0) is 11.2 Å². The maximum absolute atomic E-state index is 13.4. The molecule has 7 nitrogen and oxygen atoms in total. The smallest absolute Gasteiger partial charge is 0.308 e. The number of hydrogen-bond acceptors (Lipinski definition) is 6. The highest BCUT2D eigenvalue weighted by Crippen LogP contribution is 2.42. The number of carboxylic acid groups (broad SMARTS) is 1. The minimum Gasteiger partial charge on any atom is -0.496 e. The van der Waals surface area contributed by atoms with Crippen LogP contribution in [0.4, 0.5) is 0 Å². The van der Waals surface area contributed by atoms with Crippen LogP contribution in [0.1, 0.15) is 27.0 Å². The number of amides is 1. The standard InChI is InChI=1S/C29H29NO6S/c1-6-9-23(22(7-2)26-13-12-21(37-26)17-27(31)32)30-29(33)19-11-8-10-18(14-19)28-24(35-4)15-20(34-3)16-25(28)36-5/h6-16H,1,17H2,2-5H3,(H,30,33)(H,31,32)/b22-7+,23-9+. The van der Waals surface area contributed by atoms with Gasteiger partial charge in [0.05, 0.1) is 33.3 Å². The number of rotatable bonds is 11. The molecule has 2 N–H and O–H groups in total. The van der Waals surface area contributed by atoms with E-state index in [0.717, 1.165) is 20.9 Å². The molecule has 0 aliphatic carbocycles. The predicted molar refractivity (Wildman–Crippen MR) is 147 cm³/mol. The highest BCUT2D eigenvalue weighted by Gasteiger charge is 2.19. The fourth-order valence-corrected chi connectivity index (χ4v) is 4.90. The van der Waals surface area contributed by atoms with Crippen LogP contribution in [-0.4, -0.2) is 38.3 Å². The van der Waals surface area contributed by atoms with Crippen molar-refractivity contribution < 1.29 is 28.9 Å². The molecule has 0 saturated heterocycles. The number of carbonyl (C=O) groups is 2. The van der Waals surface area contributed by atoms with Gasteiger partial charge in [0.15, 0.2) is 0 Å². The van der Waals surface area contributed by atoms with E-state index in [0.29, 0.717) is 34.1 Å². The Balaban J connectivity index is 1.94. The number of carboxylic acids is 1. The van der Waals surface area contributed by atoms with Crippen LogP contribution in [0.15, 0.2) is 79.0 Å². The molecule has 0 radical (unpaired) electrons. The third kappa shape index (κ3) is 6.48. The summed E-state index contributed by atoms with van der Waals surface area (Å²) in [5.74, 6) is 0.474. The number of benzene rings is 2. The van der Waals surface area contributed by atoms with E-state index in [-0.39, 0.29) is 12.3 Å². The Labute approximate surface area is 220 Å². The maximum atomic E-state index is 13.4. The van der Waals surface area contributed by atoms with Gasteiger partial charge in [-0.1, -0.05) is 30.9 Å². The number of aliphatic carboxylic acids is 1. The maximum Gasteiger partial charge on any atom is 0.308 e. The zero-order chi connectivity index (χ0) is 26.9. The molecule has 37 heavy (non-hydrogen) atoms. The molecule has 0 aliphatic heterocycles. The number of thiophene rings is 1. The van der Waals surface area contributed by atoms with Gasteiger partial charge in [-0.05, 0) is 42.8 Å². The molecule has 1 heterocycles. The summed E-state index contributed by atoms with van der Waals surface area (Å²) in [7, 11) is 4.69. The van der Waals surface area contributed by atoms with E-state index >= 15 is 0 Å². The summed E-state index contributed by atoms with van der Waals surface area (Å²) >= 11 is 1.37. The lowest BCUT2D eigenvalue weighted by atomic mass is 10.00. The molecule has 3 aromatic rings. The van der Waals surface area contributed by atoms with Crippen LogP contribution >= 0.6 is 11.3 Å².